The lowest BCUT2D eigenvalue weighted by Crippen LogP contribution is -2.38. The number of hydrogen-bond donors (Lipinski definition) is 2. The monoisotopic (exact) mass is 256 g/mol. The van der Waals surface area contributed by atoms with Gasteiger partial charge in [-0.3, -0.25) is 9.59 Å². The van der Waals surface area contributed by atoms with E-state index in [2.05, 4.69) is 10.6 Å². The number of amides is 2. The summed E-state index contributed by atoms with van der Waals surface area (Å²) in [5.41, 5.74) is 0. The first-order chi connectivity index (χ1) is 8.72. The molecule has 1 fully saturated rings. The molecule has 5 heteroatoms. The molecule has 0 saturated heterocycles. The smallest absolute Gasteiger partial charge is 0.239 e. The quantitative estimate of drug-likeness (QED) is 0.663. The highest BCUT2D eigenvalue weighted by molar-refractivity contribution is 5.84. The van der Waals surface area contributed by atoms with Crippen LogP contribution in [0.4, 0.5) is 0 Å². The standard InChI is InChI=1S/C13H24N2O3/c1-18-8-7-14-13(17)10-15-12(16)9-11-5-3-2-4-6-11/h11H,2-10H2,1H3,(H,14,17)(H,15,16). The molecule has 104 valence electrons. The molecule has 0 aromatic carbocycles. The number of hydrogen-bond acceptors (Lipinski definition) is 3. The average molecular weight is 256 g/mol. The number of carbonyl (C=O) groups is 2. The summed E-state index contributed by atoms with van der Waals surface area (Å²) in [6.07, 6.45) is 6.61. The third-order valence-corrected chi connectivity index (χ3v) is 3.27. The molecule has 0 aromatic rings. The Bertz CT molecular complexity index is 263. The molecule has 1 aliphatic rings. The van der Waals surface area contributed by atoms with Crippen LogP contribution in [0.2, 0.25) is 0 Å². The molecule has 0 heterocycles. The summed E-state index contributed by atoms with van der Waals surface area (Å²) in [4.78, 5) is 23.0. The first-order valence-corrected chi connectivity index (χ1v) is 6.74. The zero-order valence-corrected chi connectivity index (χ0v) is 11.2. The highest BCUT2D eigenvalue weighted by Crippen LogP contribution is 2.25. The van der Waals surface area contributed by atoms with Gasteiger partial charge in [0, 0.05) is 20.1 Å². The second-order valence-corrected chi connectivity index (χ2v) is 4.83. The number of ether oxygens (including phenoxy) is 1. The molecular weight excluding hydrogens is 232 g/mol. The summed E-state index contributed by atoms with van der Waals surface area (Å²) in [7, 11) is 1.58. The number of rotatable bonds is 7. The van der Waals surface area contributed by atoms with E-state index in [1.54, 1.807) is 7.11 Å². The first-order valence-electron chi connectivity index (χ1n) is 6.74. The molecule has 2 amide bonds. The Morgan fingerprint density at radius 2 is 1.83 bits per heavy atom. The summed E-state index contributed by atoms with van der Waals surface area (Å²) in [6.45, 7) is 1.03. The van der Waals surface area contributed by atoms with Gasteiger partial charge in [0.05, 0.1) is 13.2 Å². The van der Waals surface area contributed by atoms with Gasteiger partial charge in [-0.2, -0.15) is 0 Å². The molecule has 0 radical (unpaired) electrons. The number of carbonyl (C=O) groups excluding carboxylic acids is 2. The van der Waals surface area contributed by atoms with Crippen LogP contribution < -0.4 is 10.6 Å². The highest BCUT2D eigenvalue weighted by atomic mass is 16.5. The minimum atomic E-state index is -0.163. The summed E-state index contributed by atoms with van der Waals surface area (Å²) in [6, 6.07) is 0. The van der Waals surface area contributed by atoms with Crippen LogP contribution in [0.15, 0.2) is 0 Å². The van der Waals surface area contributed by atoms with Crippen LogP contribution in [0, 0.1) is 5.92 Å². The van der Waals surface area contributed by atoms with Gasteiger partial charge in [-0.15, -0.1) is 0 Å². The first kappa shape index (κ1) is 15.0. The second-order valence-electron chi connectivity index (χ2n) is 4.83. The molecule has 1 aliphatic carbocycles. The molecule has 2 N–H and O–H groups in total. The molecule has 0 atom stereocenters. The predicted octanol–water partition coefficient (Wildman–Crippen LogP) is 0.836. The van der Waals surface area contributed by atoms with Gasteiger partial charge in [0.2, 0.25) is 11.8 Å². The van der Waals surface area contributed by atoms with Crippen LogP contribution in [0.25, 0.3) is 0 Å². The van der Waals surface area contributed by atoms with Crippen molar-refractivity contribution in [1.82, 2.24) is 10.6 Å². The zero-order chi connectivity index (χ0) is 13.2. The molecule has 0 spiro atoms. The molecule has 0 bridgehead atoms. The van der Waals surface area contributed by atoms with Gasteiger partial charge < -0.3 is 15.4 Å². The van der Waals surface area contributed by atoms with Crippen molar-refractivity contribution in [3.63, 3.8) is 0 Å². The Labute approximate surface area is 109 Å². The predicted molar refractivity (Wildman–Crippen MR) is 69.1 cm³/mol. The van der Waals surface area contributed by atoms with Crippen LogP contribution >= 0.6 is 0 Å². The SMILES string of the molecule is COCCNC(=O)CNC(=O)CC1CCCCC1. The van der Waals surface area contributed by atoms with Crippen molar-refractivity contribution in [2.24, 2.45) is 5.92 Å². The van der Waals surface area contributed by atoms with E-state index in [0.717, 1.165) is 12.8 Å². The Hall–Kier alpha value is -1.10. The van der Waals surface area contributed by atoms with E-state index >= 15 is 0 Å². The third-order valence-electron chi connectivity index (χ3n) is 3.27. The minimum absolute atomic E-state index is 0.0104. The van der Waals surface area contributed by atoms with Crippen molar-refractivity contribution in [2.45, 2.75) is 38.5 Å². The van der Waals surface area contributed by atoms with Gasteiger partial charge in [0.1, 0.15) is 0 Å². The molecule has 0 aliphatic heterocycles. The maximum atomic E-state index is 11.6. The molecule has 5 nitrogen and oxygen atoms in total. The van der Waals surface area contributed by atoms with Gasteiger partial charge in [-0.05, 0) is 18.8 Å². The second kappa shape index (κ2) is 8.91. The summed E-state index contributed by atoms with van der Waals surface area (Å²) in [5, 5.41) is 5.33. The van der Waals surface area contributed by atoms with Crippen molar-refractivity contribution < 1.29 is 14.3 Å². The average Bonchev–Trinajstić information content (AvgIpc) is 2.38. The van der Waals surface area contributed by atoms with E-state index in [1.165, 1.54) is 19.3 Å². The fourth-order valence-corrected chi connectivity index (χ4v) is 2.26. The Morgan fingerprint density at radius 1 is 1.11 bits per heavy atom. The van der Waals surface area contributed by atoms with Gasteiger partial charge in [0.25, 0.3) is 0 Å². The fraction of sp³-hybridized carbons (Fsp3) is 0.846. The number of methoxy groups -OCH3 is 1. The van der Waals surface area contributed by atoms with Crippen LogP contribution in [0.3, 0.4) is 0 Å². The van der Waals surface area contributed by atoms with E-state index in [1.807, 2.05) is 0 Å². The van der Waals surface area contributed by atoms with Gasteiger partial charge in [0.15, 0.2) is 0 Å². The summed E-state index contributed by atoms with van der Waals surface area (Å²) in [5.74, 6) is 0.336. The Balaban J connectivity index is 2.06. The van der Waals surface area contributed by atoms with Crippen LogP contribution in [0.1, 0.15) is 38.5 Å². The normalized spacial score (nSPS) is 16.3. The summed E-state index contributed by atoms with van der Waals surface area (Å²) >= 11 is 0. The van der Waals surface area contributed by atoms with Crippen LogP contribution in [-0.2, 0) is 14.3 Å². The summed E-state index contributed by atoms with van der Waals surface area (Å²) < 4.78 is 4.82. The van der Waals surface area contributed by atoms with Crippen LogP contribution in [-0.4, -0.2) is 38.6 Å². The Kier molecular flexibility index (Phi) is 7.41. The van der Waals surface area contributed by atoms with Gasteiger partial charge >= 0.3 is 0 Å². The molecule has 18 heavy (non-hydrogen) atoms. The zero-order valence-electron chi connectivity index (χ0n) is 11.2. The van der Waals surface area contributed by atoms with E-state index in [4.69, 9.17) is 4.74 Å². The maximum Gasteiger partial charge on any atom is 0.239 e. The number of nitrogens with one attached hydrogen (secondary N) is 2. The third kappa shape index (κ3) is 6.59. The molecule has 0 unspecified atom stereocenters. The molecular formula is C13H24N2O3. The minimum Gasteiger partial charge on any atom is -0.383 e. The van der Waals surface area contributed by atoms with Gasteiger partial charge in [-0.25, -0.2) is 0 Å². The molecule has 1 rings (SSSR count). The van der Waals surface area contributed by atoms with E-state index in [-0.39, 0.29) is 18.4 Å². The fourth-order valence-electron chi connectivity index (χ4n) is 2.26. The van der Waals surface area contributed by atoms with E-state index in [0.29, 0.717) is 25.5 Å². The van der Waals surface area contributed by atoms with E-state index < -0.39 is 0 Å². The highest BCUT2D eigenvalue weighted by Gasteiger charge is 2.17. The van der Waals surface area contributed by atoms with Crippen molar-refractivity contribution in [3.8, 4) is 0 Å². The van der Waals surface area contributed by atoms with E-state index in [9.17, 15) is 9.59 Å². The lowest BCUT2D eigenvalue weighted by Gasteiger charge is -2.20. The molecule has 1 saturated carbocycles. The maximum absolute atomic E-state index is 11.6. The largest absolute Gasteiger partial charge is 0.383 e. The lowest BCUT2D eigenvalue weighted by atomic mass is 9.87. The lowest BCUT2D eigenvalue weighted by molar-refractivity contribution is -0.126. The van der Waals surface area contributed by atoms with Gasteiger partial charge in [-0.1, -0.05) is 19.3 Å². The Morgan fingerprint density at radius 3 is 2.50 bits per heavy atom. The van der Waals surface area contributed by atoms with Crippen molar-refractivity contribution in [2.75, 3.05) is 26.8 Å². The van der Waals surface area contributed by atoms with Crippen molar-refractivity contribution >= 4 is 11.8 Å². The molecule has 0 aromatic heterocycles. The van der Waals surface area contributed by atoms with Crippen LogP contribution in [0.5, 0.6) is 0 Å². The van der Waals surface area contributed by atoms with Crippen molar-refractivity contribution in [1.29, 1.82) is 0 Å². The topological polar surface area (TPSA) is 67.4 Å². The van der Waals surface area contributed by atoms with Crippen molar-refractivity contribution in [3.05, 3.63) is 0 Å².